The van der Waals surface area contributed by atoms with Gasteiger partial charge in [0.05, 0.1) is 12.0 Å². The van der Waals surface area contributed by atoms with Gasteiger partial charge in [-0.3, -0.25) is 14.5 Å². The topological polar surface area (TPSA) is 81.2 Å². The Morgan fingerprint density at radius 2 is 2.10 bits per heavy atom. The summed E-state index contributed by atoms with van der Waals surface area (Å²) in [5.41, 5.74) is 1.01. The maximum atomic E-state index is 13.2. The van der Waals surface area contributed by atoms with E-state index < -0.39 is 6.04 Å². The van der Waals surface area contributed by atoms with E-state index in [4.69, 9.17) is 21.7 Å². The second-order valence-corrected chi connectivity index (χ2v) is 9.05. The number of hydrogen-bond acceptors (Lipinski definition) is 6. The number of carbonyl (C=O) groups excluding carboxylic acids is 1. The number of H-pyrrole nitrogens is 1. The van der Waals surface area contributed by atoms with Crippen LogP contribution in [0.5, 0.6) is 5.75 Å². The third kappa shape index (κ3) is 4.44. The Bertz CT molecular complexity index is 1070. The van der Waals surface area contributed by atoms with Crippen LogP contribution in [0.15, 0.2) is 41.8 Å². The first-order valence-corrected chi connectivity index (χ1v) is 11.5. The molecule has 1 amide bonds. The molecular formula is C22H26N4O3S2. The average molecular weight is 459 g/mol. The molecule has 1 aliphatic rings. The molecule has 2 N–H and O–H groups in total. The van der Waals surface area contributed by atoms with E-state index in [1.165, 1.54) is 5.56 Å². The Morgan fingerprint density at radius 3 is 2.74 bits per heavy atom. The minimum atomic E-state index is -0.490. The van der Waals surface area contributed by atoms with Gasteiger partial charge in [0.1, 0.15) is 11.8 Å². The molecule has 7 nitrogen and oxygen atoms in total. The van der Waals surface area contributed by atoms with Gasteiger partial charge in [-0.15, -0.1) is 11.3 Å². The number of amides is 1. The average Bonchev–Trinajstić information content (AvgIpc) is 3.47. The number of rotatable bonds is 7. The molecule has 3 heterocycles. The van der Waals surface area contributed by atoms with Gasteiger partial charge >= 0.3 is 0 Å². The summed E-state index contributed by atoms with van der Waals surface area (Å²) in [5, 5.41) is 12.3. The second-order valence-electron chi connectivity index (χ2n) is 7.71. The molecule has 0 radical (unpaired) electrons. The lowest BCUT2D eigenvalue weighted by molar-refractivity contribution is -0.124. The Labute approximate surface area is 190 Å². The standard InChI is InChI=1S/C22H26N4O3S2/c1-15(26-19(24-25-21(26)30)18-4-3-13-31-18)20(27)23-14-22(9-11-29-12-10-22)16-5-7-17(28-2)8-6-16/h3-8,13,15H,9-12,14H2,1-2H3,(H,23,27)(H,25,30). The zero-order valence-electron chi connectivity index (χ0n) is 17.6. The first-order valence-electron chi connectivity index (χ1n) is 10.2. The summed E-state index contributed by atoms with van der Waals surface area (Å²) in [7, 11) is 1.66. The maximum Gasteiger partial charge on any atom is 0.242 e. The van der Waals surface area contributed by atoms with Crippen molar-refractivity contribution in [1.82, 2.24) is 20.1 Å². The fourth-order valence-corrected chi connectivity index (χ4v) is 5.04. The van der Waals surface area contributed by atoms with E-state index in [1.807, 2.05) is 36.6 Å². The summed E-state index contributed by atoms with van der Waals surface area (Å²) in [5.74, 6) is 1.41. The summed E-state index contributed by atoms with van der Waals surface area (Å²) in [4.78, 5) is 14.1. The highest BCUT2D eigenvalue weighted by atomic mass is 32.1. The van der Waals surface area contributed by atoms with E-state index >= 15 is 0 Å². The van der Waals surface area contributed by atoms with Crippen LogP contribution in [0.1, 0.15) is 31.4 Å². The maximum absolute atomic E-state index is 13.2. The summed E-state index contributed by atoms with van der Waals surface area (Å²) in [6.45, 7) is 3.73. The van der Waals surface area contributed by atoms with Crippen molar-refractivity contribution < 1.29 is 14.3 Å². The van der Waals surface area contributed by atoms with Crippen LogP contribution in [0.4, 0.5) is 0 Å². The fourth-order valence-electron chi connectivity index (χ4n) is 4.04. The molecule has 0 saturated carbocycles. The Morgan fingerprint density at radius 1 is 1.35 bits per heavy atom. The second kappa shape index (κ2) is 9.33. The van der Waals surface area contributed by atoms with Crippen molar-refractivity contribution in [2.45, 2.75) is 31.2 Å². The Balaban J connectivity index is 1.53. The van der Waals surface area contributed by atoms with E-state index in [1.54, 1.807) is 23.0 Å². The van der Waals surface area contributed by atoms with E-state index in [-0.39, 0.29) is 11.3 Å². The van der Waals surface area contributed by atoms with Gasteiger partial charge in [-0.25, -0.2) is 0 Å². The van der Waals surface area contributed by atoms with Gasteiger partial charge in [-0.05, 0) is 61.1 Å². The highest BCUT2D eigenvalue weighted by Gasteiger charge is 2.35. The van der Waals surface area contributed by atoms with Crippen molar-refractivity contribution in [2.75, 3.05) is 26.9 Å². The van der Waals surface area contributed by atoms with Crippen molar-refractivity contribution in [3.05, 3.63) is 52.1 Å². The molecule has 1 aromatic carbocycles. The number of nitrogens with one attached hydrogen (secondary N) is 2. The highest BCUT2D eigenvalue weighted by molar-refractivity contribution is 7.71. The predicted octanol–water partition coefficient (Wildman–Crippen LogP) is 4.10. The smallest absolute Gasteiger partial charge is 0.242 e. The molecule has 164 valence electrons. The number of carbonyl (C=O) groups is 1. The van der Waals surface area contributed by atoms with Crippen molar-refractivity contribution in [3.63, 3.8) is 0 Å². The van der Waals surface area contributed by atoms with E-state index in [9.17, 15) is 4.79 Å². The largest absolute Gasteiger partial charge is 0.497 e. The van der Waals surface area contributed by atoms with Crippen LogP contribution in [0.2, 0.25) is 0 Å². The SMILES string of the molecule is COc1ccc(C2(CNC(=O)C(C)n3c(-c4cccs4)n[nH]c3=S)CCOCC2)cc1. The number of benzene rings is 1. The van der Waals surface area contributed by atoms with Crippen molar-refractivity contribution in [2.24, 2.45) is 0 Å². The van der Waals surface area contributed by atoms with Crippen LogP contribution < -0.4 is 10.1 Å². The van der Waals surface area contributed by atoms with Gasteiger partial charge < -0.3 is 14.8 Å². The van der Waals surface area contributed by atoms with Gasteiger partial charge in [0.25, 0.3) is 0 Å². The number of thiophene rings is 1. The third-order valence-electron chi connectivity index (χ3n) is 5.97. The lowest BCUT2D eigenvalue weighted by Gasteiger charge is -2.38. The summed E-state index contributed by atoms with van der Waals surface area (Å²) >= 11 is 6.98. The number of hydrogen-bond donors (Lipinski definition) is 2. The van der Waals surface area contributed by atoms with Crippen LogP contribution >= 0.6 is 23.6 Å². The molecule has 1 unspecified atom stereocenters. The van der Waals surface area contributed by atoms with Crippen molar-refractivity contribution in [3.8, 4) is 16.5 Å². The molecule has 0 bridgehead atoms. The summed E-state index contributed by atoms with van der Waals surface area (Å²) < 4.78 is 13.1. The Hall–Kier alpha value is -2.49. The van der Waals surface area contributed by atoms with Gasteiger partial charge in [-0.1, -0.05) is 18.2 Å². The third-order valence-corrected chi connectivity index (χ3v) is 7.12. The molecule has 1 saturated heterocycles. The molecule has 1 fully saturated rings. The molecular weight excluding hydrogens is 432 g/mol. The van der Waals surface area contributed by atoms with Gasteiger partial charge in [0.15, 0.2) is 10.6 Å². The minimum Gasteiger partial charge on any atom is -0.497 e. The molecule has 0 spiro atoms. The van der Waals surface area contributed by atoms with Crippen LogP contribution in [-0.4, -0.2) is 47.5 Å². The monoisotopic (exact) mass is 458 g/mol. The number of nitrogens with zero attached hydrogens (tertiary/aromatic N) is 2. The van der Waals surface area contributed by atoms with Gasteiger partial charge in [-0.2, -0.15) is 5.10 Å². The fraction of sp³-hybridized carbons (Fsp3) is 0.409. The molecule has 0 aliphatic carbocycles. The van der Waals surface area contributed by atoms with Gasteiger partial charge in [0, 0.05) is 25.2 Å². The normalized spacial score (nSPS) is 16.6. The molecule has 9 heteroatoms. The van der Waals surface area contributed by atoms with Crippen LogP contribution in [0.3, 0.4) is 0 Å². The minimum absolute atomic E-state index is 0.0883. The van der Waals surface area contributed by atoms with Gasteiger partial charge in [0.2, 0.25) is 5.91 Å². The zero-order chi connectivity index (χ0) is 21.8. The number of ether oxygens (including phenoxy) is 2. The van der Waals surface area contributed by atoms with E-state index in [0.717, 1.165) is 23.5 Å². The van der Waals surface area contributed by atoms with Crippen molar-refractivity contribution >= 4 is 29.5 Å². The van der Waals surface area contributed by atoms with Crippen molar-refractivity contribution in [1.29, 1.82) is 0 Å². The Kier molecular flexibility index (Phi) is 6.54. The number of aromatic amines is 1. The summed E-state index contributed by atoms with van der Waals surface area (Å²) in [6.07, 6.45) is 1.69. The molecule has 3 aromatic rings. The molecule has 1 atom stereocenters. The predicted molar refractivity (Wildman–Crippen MR) is 123 cm³/mol. The first kappa shape index (κ1) is 21.7. The molecule has 4 rings (SSSR count). The highest BCUT2D eigenvalue weighted by Crippen LogP contribution is 2.35. The quantitative estimate of drug-likeness (QED) is 0.521. The molecule has 1 aliphatic heterocycles. The van der Waals surface area contributed by atoms with Crippen LogP contribution in [-0.2, 0) is 14.9 Å². The number of methoxy groups -OCH3 is 1. The summed E-state index contributed by atoms with van der Waals surface area (Å²) in [6, 6.07) is 11.5. The van der Waals surface area contributed by atoms with E-state index in [2.05, 4.69) is 27.6 Å². The van der Waals surface area contributed by atoms with Crippen LogP contribution in [0.25, 0.3) is 10.7 Å². The molecule has 2 aromatic heterocycles. The molecule has 31 heavy (non-hydrogen) atoms. The van der Waals surface area contributed by atoms with Crippen LogP contribution in [0, 0.1) is 4.77 Å². The lowest BCUT2D eigenvalue weighted by Crippen LogP contribution is -2.46. The zero-order valence-corrected chi connectivity index (χ0v) is 19.2. The number of aromatic nitrogens is 3. The van der Waals surface area contributed by atoms with E-state index in [0.29, 0.717) is 30.4 Å². The lowest BCUT2D eigenvalue weighted by atomic mass is 9.74. The first-order chi connectivity index (χ1) is 15.0.